The largest absolute Gasteiger partial charge is 0.381 e. The van der Waals surface area contributed by atoms with Crippen molar-refractivity contribution in [2.24, 2.45) is 0 Å². The Labute approximate surface area is 287 Å². The lowest BCUT2D eigenvalue weighted by Crippen LogP contribution is -2.17. The van der Waals surface area contributed by atoms with Gasteiger partial charge in [-0.15, -0.1) is 23.1 Å². The number of benzene rings is 5. The van der Waals surface area contributed by atoms with E-state index in [4.69, 9.17) is 4.98 Å². The van der Waals surface area contributed by atoms with Gasteiger partial charge in [0.05, 0.1) is 22.8 Å². The SMILES string of the molecule is C1=C(c2ccnc(-c3c4ccccc4c(C4=CC(c5cscn5)=CCN4)c4cc(-c5ccc(-c6ccccc6)cc5)ccc34)c2)NCS1. The topological polar surface area (TPSA) is 49.8 Å². The van der Waals surface area contributed by atoms with Crippen molar-refractivity contribution in [1.29, 1.82) is 0 Å². The quantitative estimate of drug-likeness (QED) is 0.175. The molecule has 0 saturated carbocycles. The summed E-state index contributed by atoms with van der Waals surface area (Å²) in [5.74, 6) is 0.891. The lowest BCUT2D eigenvalue weighted by molar-refractivity contribution is 1.00. The van der Waals surface area contributed by atoms with Crippen LogP contribution in [-0.4, -0.2) is 22.4 Å². The molecule has 0 saturated heterocycles. The number of fused-ring (bicyclic) bond motifs is 2. The van der Waals surface area contributed by atoms with E-state index in [-0.39, 0.29) is 0 Å². The van der Waals surface area contributed by atoms with Crippen molar-refractivity contribution >= 4 is 61.6 Å². The zero-order chi connectivity index (χ0) is 31.9. The second-order valence-corrected chi connectivity index (χ2v) is 13.5. The molecule has 4 nitrogen and oxygen atoms in total. The Hall–Kier alpha value is -5.43. The predicted octanol–water partition coefficient (Wildman–Crippen LogP) is 10.5. The second-order valence-electron chi connectivity index (χ2n) is 11.9. The fourth-order valence-corrected chi connectivity index (χ4v) is 8.10. The number of thioether (sulfide) groups is 1. The normalized spacial score (nSPS) is 14.3. The van der Waals surface area contributed by atoms with Crippen LogP contribution in [0.4, 0.5) is 0 Å². The summed E-state index contributed by atoms with van der Waals surface area (Å²) in [6, 6.07) is 39.4. The molecule has 230 valence electrons. The van der Waals surface area contributed by atoms with E-state index in [1.165, 1.54) is 49.4 Å². The van der Waals surface area contributed by atoms with Crippen LogP contribution in [0.25, 0.3) is 72.0 Å². The van der Waals surface area contributed by atoms with Crippen LogP contribution in [0.2, 0.25) is 0 Å². The number of dihydropyridines is 1. The zero-order valence-electron chi connectivity index (χ0n) is 26.0. The van der Waals surface area contributed by atoms with Crippen LogP contribution in [0, 0.1) is 0 Å². The third-order valence-electron chi connectivity index (χ3n) is 9.14. The van der Waals surface area contributed by atoms with Crippen molar-refractivity contribution in [1.82, 2.24) is 20.6 Å². The fraction of sp³-hybridized carbons (Fsp3) is 0.0476. The molecule has 2 N–H and O–H groups in total. The van der Waals surface area contributed by atoms with Crippen molar-refractivity contribution < 1.29 is 0 Å². The van der Waals surface area contributed by atoms with Crippen LogP contribution < -0.4 is 10.6 Å². The number of thiazole rings is 1. The smallest absolute Gasteiger partial charge is 0.0809 e. The molecule has 2 aliphatic rings. The number of nitrogens with one attached hydrogen (secondary N) is 2. The van der Waals surface area contributed by atoms with Crippen molar-refractivity contribution in [2.75, 3.05) is 12.4 Å². The Morgan fingerprint density at radius 2 is 1.29 bits per heavy atom. The maximum Gasteiger partial charge on any atom is 0.0809 e. The minimum Gasteiger partial charge on any atom is -0.381 e. The molecule has 9 rings (SSSR count). The molecular weight excluding hydrogens is 625 g/mol. The van der Waals surface area contributed by atoms with Gasteiger partial charge in [0.15, 0.2) is 0 Å². The number of allylic oxidation sites excluding steroid dienone is 2. The Balaban J connectivity index is 1.28. The molecule has 0 bridgehead atoms. The highest BCUT2D eigenvalue weighted by Crippen LogP contribution is 2.43. The molecule has 2 aromatic heterocycles. The Morgan fingerprint density at radius 3 is 2.06 bits per heavy atom. The molecule has 0 spiro atoms. The molecule has 48 heavy (non-hydrogen) atoms. The molecule has 7 aromatic rings. The van der Waals surface area contributed by atoms with E-state index in [0.29, 0.717) is 0 Å². The number of nitrogens with zero attached hydrogens (tertiary/aromatic N) is 2. The maximum absolute atomic E-state index is 4.98. The van der Waals surface area contributed by atoms with Crippen LogP contribution in [0.1, 0.15) is 16.8 Å². The van der Waals surface area contributed by atoms with Gasteiger partial charge in [0.1, 0.15) is 0 Å². The highest BCUT2D eigenvalue weighted by atomic mass is 32.2. The van der Waals surface area contributed by atoms with Gasteiger partial charge >= 0.3 is 0 Å². The molecule has 0 fully saturated rings. The molecule has 6 heteroatoms. The summed E-state index contributed by atoms with van der Waals surface area (Å²) in [7, 11) is 0. The maximum atomic E-state index is 4.98. The lowest BCUT2D eigenvalue weighted by atomic mass is 9.86. The van der Waals surface area contributed by atoms with E-state index < -0.39 is 0 Å². The van der Waals surface area contributed by atoms with Crippen molar-refractivity contribution in [2.45, 2.75) is 0 Å². The average molecular weight is 655 g/mol. The number of pyridine rings is 1. The molecule has 0 amide bonds. The fourth-order valence-electron chi connectivity index (χ4n) is 6.83. The molecular formula is C42H30N4S2. The first-order chi connectivity index (χ1) is 23.8. The molecule has 0 aliphatic carbocycles. The summed E-state index contributed by atoms with van der Waals surface area (Å²) in [5, 5.41) is 16.3. The first-order valence-corrected chi connectivity index (χ1v) is 18.0. The van der Waals surface area contributed by atoms with Crippen molar-refractivity contribution in [3.8, 4) is 33.5 Å². The summed E-state index contributed by atoms with van der Waals surface area (Å²) < 4.78 is 0. The van der Waals surface area contributed by atoms with Gasteiger partial charge < -0.3 is 10.6 Å². The molecule has 4 heterocycles. The highest BCUT2D eigenvalue weighted by molar-refractivity contribution is 8.02. The first kappa shape index (κ1) is 28.8. The summed E-state index contributed by atoms with van der Waals surface area (Å²) in [4.78, 5) is 9.61. The van der Waals surface area contributed by atoms with Crippen LogP contribution in [0.5, 0.6) is 0 Å². The lowest BCUT2D eigenvalue weighted by Gasteiger charge is -2.22. The monoisotopic (exact) mass is 654 g/mol. The second kappa shape index (κ2) is 12.3. The standard InChI is InChI=1S/C42H30N4S2/c1-2-6-27(7-3-1)28-10-12-29(13-11-28)30-14-15-35-36(20-30)42(38-22-32(17-19-44-38)40-24-48-26-46-40)34-9-5-4-8-33(34)41(35)37-21-31(16-18-43-37)39-23-47-25-45-39/h1-18,20-24,26,44-45H,19,25H2. The van der Waals surface area contributed by atoms with E-state index >= 15 is 0 Å². The van der Waals surface area contributed by atoms with Gasteiger partial charge in [-0.05, 0) is 73.5 Å². The van der Waals surface area contributed by atoms with Gasteiger partial charge in [-0.1, -0.05) is 97.1 Å². The van der Waals surface area contributed by atoms with Gasteiger partial charge in [0.25, 0.3) is 0 Å². The van der Waals surface area contributed by atoms with Crippen LogP contribution in [0.15, 0.2) is 144 Å². The third-order valence-corrected chi connectivity index (χ3v) is 10.4. The van der Waals surface area contributed by atoms with Gasteiger partial charge in [-0.3, -0.25) is 4.98 Å². The summed E-state index contributed by atoms with van der Waals surface area (Å²) in [5.41, 5.74) is 15.6. The summed E-state index contributed by atoms with van der Waals surface area (Å²) >= 11 is 3.41. The van der Waals surface area contributed by atoms with Crippen LogP contribution in [0.3, 0.4) is 0 Å². The number of hydrogen-bond acceptors (Lipinski definition) is 6. The minimum absolute atomic E-state index is 0.737. The molecule has 0 radical (unpaired) electrons. The molecule has 0 atom stereocenters. The number of rotatable bonds is 6. The van der Waals surface area contributed by atoms with E-state index in [2.05, 4.69) is 148 Å². The summed E-state index contributed by atoms with van der Waals surface area (Å²) in [6.45, 7) is 0.737. The van der Waals surface area contributed by atoms with E-state index in [1.807, 2.05) is 11.7 Å². The predicted molar refractivity (Wildman–Crippen MR) is 205 cm³/mol. The molecule has 5 aromatic carbocycles. The van der Waals surface area contributed by atoms with Gasteiger partial charge in [0, 0.05) is 51.8 Å². The molecule has 0 unspecified atom stereocenters. The van der Waals surface area contributed by atoms with Crippen LogP contribution >= 0.6 is 23.1 Å². The van der Waals surface area contributed by atoms with Crippen LogP contribution in [-0.2, 0) is 0 Å². The Morgan fingerprint density at radius 1 is 0.562 bits per heavy atom. The highest BCUT2D eigenvalue weighted by Gasteiger charge is 2.21. The number of aromatic nitrogens is 2. The minimum atomic E-state index is 0.737. The van der Waals surface area contributed by atoms with Crippen molar-refractivity contribution in [3.05, 3.63) is 161 Å². The first-order valence-electron chi connectivity index (χ1n) is 16.0. The van der Waals surface area contributed by atoms with Crippen molar-refractivity contribution in [3.63, 3.8) is 0 Å². The van der Waals surface area contributed by atoms with E-state index in [0.717, 1.165) is 51.9 Å². The Bertz CT molecular complexity index is 2410. The zero-order valence-corrected chi connectivity index (χ0v) is 27.6. The van der Waals surface area contributed by atoms with Gasteiger partial charge in [-0.25, -0.2) is 4.98 Å². The van der Waals surface area contributed by atoms with E-state index in [9.17, 15) is 0 Å². The van der Waals surface area contributed by atoms with Gasteiger partial charge in [-0.2, -0.15) is 0 Å². The van der Waals surface area contributed by atoms with E-state index in [1.54, 1.807) is 23.1 Å². The summed E-state index contributed by atoms with van der Waals surface area (Å²) in [6.07, 6.45) is 6.41. The number of hydrogen-bond donors (Lipinski definition) is 2. The average Bonchev–Trinajstić information content (AvgIpc) is 3.90. The Kier molecular flexibility index (Phi) is 7.37. The van der Waals surface area contributed by atoms with Gasteiger partial charge in [0.2, 0.25) is 0 Å². The third kappa shape index (κ3) is 5.20. The molecule has 2 aliphatic heterocycles.